The summed E-state index contributed by atoms with van der Waals surface area (Å²) in [5.41, 5.74) is 0.911. The van der Waals surface area contributed by atoms with E-state index in [1.54, 1.807) is 6.07 Å². The Morgan fingerprint density at radius 2 is 1.72 bits per heavy atom. The predicted octanol–water partition coefficient (Wildman–Crippen LogP) is 4.07. The van der Waals surface area contributed by atoms with Gasteiger partial charge in [-0.15, -0.1) is 11.3 Å². The molecule has 2 aromatic carbocycles. The molecule has 1 nitrogen and oxygen atoms in total. The lowest BCUT2D eigenvalue weighted by Gasteiger charge is -2.02. The molecule has 0 spiro atoms. The van der Waals surface area contributed by atoms with Gasteiger partial charge in [-0.25, -0.2) is 4.39 Å². The van der Waals surface area contributed by atoms with E-state index in [0.717, 1.165) is 10.4 Å². The van der Waals surface area contributed by atoms with Gasteiger partial charge in [0.2, 0.25) is 0 Å². The molecule has 0 amide bonds. The molecule has 0 atom stereocenters. The highest BCUT2D eigenvalue weighted by Gasteiger charge is 2.05. The van der Waals surface area contributed by atoms with Gasteiger partial charge in [-0.3, -0.25) is 4.79 Å². The number of halogens is 1. The van der Waals surface area contributed by atoms with E-state index in [2.05, 4.69) is 0 Å². The van der Waals surface area contributed by atoms with Gasteiger partial charge >= 0.3 is 0 Å². The molecule has 0 saturated heterocycles. The fraction of sp³-hybridized carbons (Fsp3) is 0. The Bertz CT molecular complexity index is 762. The average Bonchev–Trinajstić information content (AvgIpc) is 2.39. The van der Waals surface area contributed by atoms with Gasteiger partial charge in [-0.1, -0.05) is 30.3 Å². The molecular formula is C15H9FOS. The summed E-state index contributed by atoms with van der Waals surface area (Å²) in [5.74, 6) is -0.316. The maximum atomic E-state index is 13.2. The van der Waals surface area contributed by atoms with Gasteiger partial charge in [0.25, 0.3) is 0 Å². The zero-order chi connectivity index (χ0) is 12.5. The van der Waals surface area contributed by atoms with Gasteiger partial charge < -0.3 is 0 Å². The van der Waals surface area contributed by atoms with Gasteiger partial charge in [0.15, 0.2) is 5.43 Å². The molecule has 0 aliphatic carbocycles. The fourth-order valence-electron chi connectivity index (χ4n) is 1.87. The first-order valence-electron chi connectivity index (χ1n) is 5.53. The molecule has 0 bridgehead atoms. The zero-order valence-corrected chi connectivity index (χ0v) is 10.2. The molecule has 3 rings (SSSR count). The van der Waals surface area contributed by atoms with E-state index >= 15 is 0 Å². The normalized spacial score (nSPS) is 10.7. The van der Waals surface area contributed by atoms with Gasteiger partial charge in [0, 0.05) is 21.0 Å². The Morgan fingerprint density at radius 1 is 0.944 bits per heavy atom. The van der Waals surface area contributed by atoms with Crippen molar-refractivity contribution >= 4 is 21.4 Å². The molecule has 0 radical (unpaired) electrons. The molecule has 0 unspecified atom stereocenters. The summed E-state index contributed by atoms with van der Waals surface area (Å²) in [6.45, 7) is 0. The largest absolute Gasteiger partial charge is 0.289 e. The minimum absolute atomic E-state index is 0.0670. The number of hydrogen-bond acceptors (Lipinski definition) is 2. The lowest BCUT2D eigenvalue weighted by atomic mass is 10.2. The Morgan fingerprint density at radius 3 is 2.50 bits per heavy atom. The summed E-state index contributed by atoms with van der Waals surface area (Å²) in [5, 5.41) is 0.570. The molecule has 0 aliphatic heterocycles. The Balaban J connectivity index is 2.30. The number of fused-ring (bicyclic) bond motifs is 1. The van der Waals surface area contributed by atoms with Gasteiger partial charge in [-0.05, 0) is 23.8 Å². The van der Waals surface area contributed by atoms with E-state index in [1.807, 2.05) is 30.3 Å². The molecular weight excluding hydrogens is 247 g/mol. The van der Waals surface area contributed by atoms with E-state index in [9.17, 15) is 9.18 Å². The van der Waals surface area contributed by atoms with Crippen molar-refractivity contribution in [3.05, 3.63) is 70.6 Å². The van der Waals surface area contributed by atoms with Crippen molar-refractivity contribution in [2.75, 3.05) is 0 Å². The van der Waals surface area contributed by atoms with Crippen molar-refractivity contribution in [1.82, 2.24) is 0 Å². The van der Waals surface area contributed by atoms with Crippen LogP contribution in [0.3, 0.4) is 0 Å². The van der Waals surface area contributed by atoms with Crippen LogP contribution in [0.15, 0.2) is 59.4 Å². The molecule has 0 N–H and O–H groups in total. The van der Waals surface area contributed by atoms with Crippen LogP contribution in [0.1, 0.15) is 0 Å². The standard InChI is InChI=1S/C15H9FOS/c16-11-6-7-12-13(17)9-14(18-15(12)8-11)10-4-2-1-3-5-10/h1-9H. The Labute approximate surface area is 107 Å². The predicted molar refractivity (Wildman–Crippen MR) is 73.5 cm³/mol. The van der Waals surface area contributed by atoms with Crippen molar-refractivity contribution in [2.45, 2.75) is 0 Å². The zero-order valence-electron chi connectivity index (χ0n) is 9.39. The topological polar surface area (TPSA) is 17.1 Å². The van der Waals surface area contributed by atoms with Crippen molar-refractivity contribution in [1.29, 1.82) is 0 Å². The molecule has 0 saturated carbocycles. The van der Waals surface area contributed by atoms with Crippen molar-refractivity contribution in [3.63, 3.8) is 0 Å². The second-order valence-corrected chi connectivity index (χ2v) is 5.07. The summed E-state index contributed by atoms with van der Waals surface area (Å²) < 4.78 is 13.9. The van der Waals surface area contributed by atoms with Crippen LogP contribution in [0.4, 0.5) is 4.39 Å². The highest BCUT2D eigenvalue weighted by molar-refractivity contribution is 7.21. The third-order valence-corrected chi connectivity index (χ3v) is 3.88. The molecule has 88 valence electrons. The highest BCUT2D eigenvalue weighted by Crippen LogP contribution is 2.28. The van der Waals surface area contributed by atoms with E-state index in [-0.39, 0.29) is 11.2 Å². The minimum Gasteiger partial charge on any atom is -0.289 e. The molecule has 0 aliphatic rings. The molecule has 1 heterocycles. The quantitative estimate of drug-likeness (QED) is 0.641. The summed E-state index contributed by atoms with van der Waals surface area (Å²) >= 11 is 1.43. The van der Waals surface area contributed by atoms with E-state index in [4.69, 9.17) is 0 Å². The third kappa shape index (κ3) is 1.93. The first-order valence-corrected chi connectivity index (χ1v) is 6.34. The summed E-state index contributed by atoms with van der Waals surface area (Å²) in [6.07, 6.45) is 0. The van der Waals surface area contributed by atoms with Crippen molar-refractivity contribution in [3.8, 4) is 10.4 Å². The van der Waals surface area contributed by atoms with Crippen LogP contribution in [0.25, 0.3) is 20.5 Å². The van der Waals surface area contributed by atoms with Crippen LogP contribution in [0.2, 0.25) is 0 Å². The maximum Gasteiger partial charge on any atom is 0.188 e. The second kappa shape index (κ2) is 4.35. The van der Waals surface area contributed by atoms with Crippen molar-refractivity contribution < 1.29 is 4.39 Å². The summed E-state index contributed by atoms with van der Waals surface area (Å²) in [6, 6.07) is 15.5. The second-order valence-electron chi connectivity index (χ2n) is 3.98. The SMILES string of the molecule is O=c1cc(-c2ccccc2)sc2cc(F)ccc12. The van der Waals surface area contributed by atoms with Crippen molar-refractivity contribution in [2.24, 2.45) is 0 Å². The van der Waals surface area contributed by atoms with Crippen LogP contribution in [-0.4, -0.2) is 0 Å². The van der Waals surface area contributed by atoms with E-state index in [0.29, 0.717) is 10.1 Å². The number of benzene rings is 2. The molecule has 18 heavy (non-hydrogen) atoms. The van der Waals surface area contributed by atoms with E-state index in [1.165, 1.54) is 29.5 Å². The van der Waals surface area contributed by atoms with Crippen LogP contribution >= 0.6 is 11.3 Å². The summed E-state index contributed by atoms with van der Waals surface area (Å²) in [4.78, 5) is 12.8. The molecule has 1 aromatic heterocycles. The molecule has 0 fully saturated rings. The lowest BCUT2D eigenvalue weighted by Crippen LogP contribution is -1.98. The fourth-order valence-corrected chi connectivity index (χ4v) is 2.98. The smallest absolute Gasteiger partial charge is 0.188 e. The lowest BCUT2D eigenvalue weighted by molar-refractivity contribution is 0.630. The Kier molecular flexibility index (Phi) is 2.68. The first kappa shape index (κ1) is 11.1. The Hall–Kier alpha value is -2.00. The average molecular weight is 256 g/mol. The highest BCUT2D eigenvalue weighted by atomic mass is 32.1. The third-order valence-electron chi connectivity index (χ3n) is 2.75. The number of rotatable bonds is 1. The first-order chi connectivity index (χ1) is 8.74. The van der Waals surface area contributed by atoms with Crippen LogP contribution < -0.4 is 5.43 Å². The monoisotopic (exact) mass is 256 g/mol. The van der Waals surface area contributed by atoms with Gasteiger partial charge in [-0.2, -0.15) is 0 Å². The minimum atomic E-state index is -0.316. The van der Waals surface area contributed by atoms with E-state index < -0.39 is 0 Å². The molecule has 3 aromatic rings. The number of hydrogen-bond donors (Lipinski definition) is 0. The van der Waals surface area contributed by atoms with Crippen LogP contribution in [-0.2, 0) is 0 Å². The summed E-state index contributed by atoms with van der Waals surface area (Å²) in [7, 11) is 0. The maximum absolute atomic E-state index is 13.2. The van der Waals surface area contributed by atoms with Gasteiger partial charge in [0.1, 0.15) is 5.82 Å². The van der Waals surface area contributed by atoms with Crippen LogP contribution in [0, 0.1) is 5.82 Å². The molecule has 3 heteroatoms. The van der Waals surface area contributed by atoms with Crippen LogP contribution in [0.5, 0.6) is 0 Å². The van der Waals surface area contributed by atoms with Gasteiger partial charge in [0.05, 0.1) is 0 Å².